The van der Waals surface area contributed by atoms with Crippen LogP contribution in [0.15, 0.2) is 63.0 Å². The van der Waals surface area contributed by atoms with E-state index in [0.717, 1.165) is 22.9 Å². The number of nitrogens with one attached hydrogen (secondary N) is 1. The standard InChI is InChI=1S/C20H25BrN2O3S/c1-2-3-4-5-8-15-26-20-10-7-6-9-17(20)16-22-23-27(24,25)19-13-11-18(21)12-14-19/h6-7,9-14,16,23H,2-5,8,15H2,1H3/b22-16+. The second kappa shape index (κ2) is 11.1. The molecule has 0 aromatic heterocycles. The molecule has 0 aliphatic carbocycles. The second-order valence-corrected chi connectivity index (χ2v) is 8.68. The van der Waals surface area contributed by atoms with Gasteiger partial charge in [0.1, 0.15) is 5.75 Å². The molecular weight excluding hydrogens is 428 g/mol. The zero-order valence-corrected chi connectivity index (χ0v) is 17.8. The predicted molar refractivity (Wildman–Crippen MR) is 113 cm³/mol. The van der Waals surface area contributed by atoms with Gasteiger partial charge in [0.15, 0.2) is 0 Å². The van der Waals surface area contributed by atoms with Gasteiger partial charge in [-0.1, -0.05) is 60.7 Å². The number of sulfonamides is 1. The van der Waals surface area contributed by atoms with Crippen LogP contribution in [0.25, 0.3) is 0 Å². The summed E-state index contributed by atoms with van der Waals surface area (Å²) in [4.78, 5) is 2.38. The molecule has 2 aromatic rings. The smallest absolute Gasteiger partial charge is 0.276 e. The van der Waals surface area contributed by atoms with E-state index < -0.39 is 10.0 Å². The summed E-state index contributed by atoms with van der Waals surface area (Å²) in [5, 5.41) is 3.89. The number of hydrazone groups is 1. The number of hydrogen-bond donors (Lipinski definition) is 1. The van der Waals surface area contributed by atoms with Crippen molar-refractivity contribution in [2.24, 2.45) is 5.10 Å². The summed E-state index contributed by atoms with van der Waals surface area (Å²) in [5.74, 6) is 0.694. The number of para-hydroxylation sites is 1. The Balaban J connectivity index is 1.93. The fraction of sp³-hybridized carbons (Fsp3) is 0.350. The van der Waals surface area contributed by atoms with Crippen LogP contribution in [0, 0.1) is 0 Å². The second-order valence-electron chi connectivity index (χ2n) is 6.11. The molecule has 0 bridgehead atoms. The first kappa shape index (κ1) is 21.4. The monoisotopic (exact) mass is 452 g/mol. The fourth-order valence-electron chi connectivity index (χ4n) is 2.44. The summed E-state index contributed by atoms with van der Waals surface area (Å²) in [6.45, 7) is 2.83. The molecule has 27 heavy (non-hydrogen) atoms. The number of rotatable bonds is 11. The highest BCUT2D eigenvalue weighted by atomic mass is 79.9. The number of unbranched alkanes of at least 4 members (excludes halogenated alkanes) is 4. The minimum Gasteiger partial charge on any atom is -0.493 e. The van der Waals surface area contributed by atoms with Crippen LogP contribution >= 0.6 is 15.9 Å². The van der Waals surface area contributed by atoms with E-state index in [1.165, 1.54) is 37.6 Å². The molecule has 1 N–H and O–H groups in total. The van der Waals surface area contributed by atoms with Crippen molar-refractivity contribution in [1.82, 2.24) is 4.83 Å². The van der Waals surface area contributed by atoms with Crippen molar-refractivity contribution >= 4 is 32.2 Å². The zero-order valence-electron chi connectivity index (χ0n) is 15.4. The lowest BCUT2D eigenvalue weighted by Crippen LogP contribution is -2.18. The summed E-state index contributed by atoms with van der Waals surface area (Å²) in [5.41, 5.74) is 0.726. The van der Waals surface area contributed by atoms with Gasteiger partial charge in [0, 0.05) is 10.0 Å². The third-order valence-electron chi connectivity index (χ3n) is 3.92. The van der Waals surface area contributed by atoms with E-state index in [1.54, 1.807) is 12.1 Å². The summed E-state index contributed by atoms with van der Waals surface area (Å²) >= 11 is 3.28. The average Bonchev–Trinajstić information content (AvgIpc) is 2.66. The van der Waals surface area contributed by atoms with E-state index in [9.17, 15) is 8.42 Å². The number of ether oxygens (including phenoxy) is 1. The van der Waals surface area contributed by atoms with E-state index in [2.05, 4.69) is 32.8 Å². The molecule has 0 radical (unpaired) electrons. The van der Waals surface area contributed by atoms with Crippen LogP contribution in [0.1, 0.15) is 44.6 Å². The Labute approximate surface area is 170 Å². The van der Waals surface area contributed by atoms with Crippen LogP contribution in [-0.4, -0.2) is 21.2 Å². The maximum absolute atomic E-state index is 12.2. The largest absolute Gasteiger partial charge is 0.493 e. The van der Waals surface area contributed by atoms with Crippen LogP contribution in [0.5, 0.6) is 5.75 Å². The highest BCUT2D eigenvalue weighted by Crippen LogP contribution is 2.17. The molecule has 146 valence electrons. The van der Waals surface area contributed by atoms with E-state index in [0.29, 0.717) is 12.4 Å². The molecule has 0 saturated heterocycles. The Bertz CT molecular complexity index is 837. The van der Waals surface area contributed by atoms with Crippen molar-refractivity contribution < 1.29 is 13.2 Å². The molecule has 0 heterocycles. The van der Waals surface area contributed by atoms with E-state index in [4.69, 9.17) is 4.74 Å². The minimum absolute atomic E-state index is 0.152. The lowest BCUT2D eigenvalue weighted by atomic mass is 10.2. The van der Waals surface area contributed by atoms with E-state index in [1.807, 2.05) is 24.3 Å². The van der Waals surface area contributed by atoms with Gasteiger partial charge in [-0.15, -0.1) is 0 Å². The molecule has 7 heteroatoms. The topological polar surface area (TPSA) is 67.8 Å². The normalized spacial score (nSPS) is 11.6. The molecule has 5 nitrogen and oxygen atoms in total. The summed E-state index contributed by atoms with van der Waals surface area (Å²) in [6, 6.07) is 13.8. The minimum atomic E-state index is -3.70. The maximum Gasteiger partial charge on any atom is 0.276 e. The molecule has 0 amide bonds. The van der Waals surface area contributed by atoms with Gasteiger partial charge in [-0.25, -0.2) is 4.83 Å². The van der Waals surface area contributed by atoms with Crippen LogP contribution in [0.2, 0.25) is 0 Å². The summed E-state index contributed by atoms with van der Waals surface area (Å²) in [7, 11) is -3.70. The van der Waals surface area contributed by atoms with E-state index >= 15 is 0 Å². The van der Waals surface area contributed by atoms with Crippen molar-refractivity contribution in [3.05, 3.63) is 58.6 Å². The van der Waals surface area contributed by atoms with Crippen molar-refractivity contribution in [2.45, 2.75) is 43.9 Å². The van der Waals surface area contributed by atoms with Crippen LogP contribution < -0.4 is 9.57 Å². The van der Waals surface area contributed by atoms with Crippen molar-refractivity contribution in [2.75, 3.05) is 6.61 Å². The van der Waals surface area contributed by atoms with Gasteiger partial charge in [0.2, 0.25) is 0 Å². The fourth-order valence-corrected chi connectivity index (χ4v) is 3.49. The lowest BCUT2D eigenvalue weighted by molar-refractivity contribution is 0.304. The lowest BCUT2D eigenvalue weighted by Gasteiger charge is -2.09. The number of nitrogens with zero attached hydrogens (tertiary/aromatic N) is 1. The van der Waals surface area contributed by atoms with Gasteiger partial charge in [-0.05, 0) is 42.8 Å². The molecule has 0 spiro atoms. The van der Waals surface area contributed by atoms with Gasteiger partial charge >= 0.3 is 0 Å². The number of hydrogen-bond acceptors (Lipinski definition) is 4. The third kappa shape index (κ3) is 7.34. The Hall–Kier alpha value is -1.86. The molecule has 2 aromatic carbocycles. The van der Waals surface area contributed by atoms with Gasteiger partial charge in [0.25, 0.3) is 10.0 Å². The van der Waals surface area contributed by atoms with Gasteiger partial charge in [-0.3, -0.25) is 0 Å². The zero-order chi connectivity index (χ0) is 19.5. The van der Waals surface area contributed by atoms with Crippen molar-refractivity contribution in [3.63, 3.8) is 0 Å². The molecule has 2 rings (SSSR count). The Kier molecular flexibility index (Phi) is 8.81. The maximum atomic E-state index is 12.2. The van der Waals surface area contributed by atoms with Gasteiger partial charge in [-0.2, -0.15) is 13.5 Å². The van der Waals surface area contributed by atoms with Gasteiger partial charge in [0.05, 0.1) is 17.7 Å². The molecule has 0 aliphatic heterocycles. The van der Waals surface area contributed by atoms with Crippen molar-refractivity contribution in [1.29, 1.82) is 0 Å². The summed E-state index contributed by atoms with van der Waals surface area (Å²) in [6.07, 6.45) is 7.31. The van der Waals surface area contributed by atoms with Crippen LogP contribution in [0.3, 0.4) is 0 Å². The SMILES string of the molecule is CCCCCCCOc1ccccc1/C=N/NS(=O)(=O)c1ccc(Br)cc1. The quantitative estimate of drug-likeness (QED) is 0.292. The first-order valence-corrected chi connectivity index (χ1v) is 11.3. The highest BCUT2D eigenvalue weighted by molar-refractivity contribution is 9.10. The van der Waals surface area contributed by atoms with Gasteiger partial charge < -0.3 is 4.74 Å². The first-order valence-electron chi connectivity index (χ1n) is 9.05. The molecule has 0 unspecified atom stereocenters. The average molecular weight is 453 g/mol. The third-order valence-corrected chi connectivity index (χ3v) is 5.69. The number of halogens is 1. The molecule has 0 saturated carbocycles. The Morgan fingerprint density at radius 1 is 1.04 bits per heavy atom. The van der Waals surface area contributed by atoms with Crippen molar-refractivity contribution in [3.8, 4) is 5.75 Å². The molecule has 0 aliphatic rings. The number of benzene rings is 2. The Morgan fingerprint density at radius 2 is 1.74 bits per heavy atom. The van der Waals surface area contributed by atoms with Crippen LogP contribution in [-0.2, 0) is 10.0 Å². The highest BCUT2D eigenvalue weighted by Gasteiger charge is 2.12. The van der Waals surface area contributed by atoms with Crippen LogP contribution in [0.4, 0.5) is 0 Å². The molecule has 0 fully saturated rings. The summed E-state index contributed by atoms with van der Waals surface area (Å²) < 4.78 is 31.1. The first-order chi connectivity index (χ1) is 13.0. The van der Waals surface area contributed by atoms with E-state index in [-0.39, 0.29) is 4.90 Å². The molecular formula is C20H25BrN2O3S. The molecule has 0 atom stereocenters. The predicted octanol–water partition coefficient (Wildman–Crippen LogP) is 5.11. The Morgan fingerprint density at radius 3 is 2.48 bits per heavy atom.